The Labute approximate surface area is 155 Å². The minimum Gasteiger partial charge on any atom is -0.464 e. The first-order chi connectivity index (χ1) is 12.5. The highest BCUT2D eigenvalue weighted by Gasteiger charge is 2.26. The van der Waals surface area contributed by atoms with Crippen LogP contribution in [0.5, 0.6) is 0 Å². The average molecular weight is 370 g/mol. The predicted molar refractivity (Wildman–Crippen MR) is 95.0 cm³/mol. The fourth-order valence-corrected chi connectivity index (χ4v) is 2.45. The van der Waals surface area contributed by atoms with E-state index in [1.807, 2.05) is 13.8 Å². The second-order valence-electron chi connectivity index (χ2n) is 6.09. The Kier molecular flexibility index (Phi) is 10.4. The lowest BCUT2D eigenvalue weighted by molar-refractivity contribution is -0.145. The van der Waals surface area contributed by atoms with Gasteiger partial charge in [-0.25, -0.2) is 4.79 Å². The van der Waals surface area contributed by atoms with Crippen molar-refractivity contribution < 1.29 is 28.6 Å². The lowest BCUT2D eigenvalue weighted by Crippen LogP contribution is -2.48. The Morgan fingerprint density at radius 3 is 2.54 bits per heavy atom. The number of methoxy groups -OCH3 is 1. The number of amides is 1. The minimum absolute atomic E-state index is 0.0480. The van der Waals surface area contributed by atoms with Crippen LogP contribution in [0.2, 0.25) is 0 Å². The molecule has 0 saturated carbocycles. The molecule has 26 heavy (non-hydrogen) atoms. The molecule has 0 radical (unpaired) electrons. The molecular weight excluding hydrogens is 340 g/mol. The molecule has 1 aliphatic rings. The van der Waals surface area contributed by atoms with Crippen molar-refractivity contribution in [1.29, 1.82) is 0 Å². The van der Waals surface area contributed by atoms with Crippen LogP contribution in [-0.2, 0) is 28.6 Å². The van der Waals surface area contributed by atoms with Gasteiger partial charge in [-0.1, -0.05) is 20.3 Å². The second kappa shape index (κ2) is 12.3. The molecule has 148 valence electrons. The maximum absolute atomic E-state index is 12.1. The van der Waals surface area contributed by atoms with Gasteiger partial charge in [-0.05, 0) is 12.8 Å². The van der Waals surface area contributed by atoms with Crippen LogP contribution in [0, 0.1) is 0 Å². The van der Waals surface area contributed by atoms with E-state index in [9.17, 15) is 14.4 Å². The molecular formula is C18H30N2O6. The van der Waals surface area contributed by atoms with Crippen LogP contribution in [0.1, 0.15) is 39.5 Å². The van der Waals surface area contributed by atoms with Crippen molar-refractivity contribution in [3.63, 3.8) is 0 Å². The van der Waals surface area contributed by atoms with Gasteiger partial charge in [-0.2, -0.15) is 0 Å². The van der Waals surface area contributed by atoms with E-state index in [1.165, 1.54) is 13.4 Å². The molecule has 0 aromatic carbocycles. The highest BCUT2D eigenvalue weighted by atomic mass is 16.6. The third-order valence-electron chi connectivity index (χ3n) is 3.88. The van der Waals surface area contributed by atoms with Crippen LogP contribution >= 0.6 is 0 Å². The first-order valence-corrected chi connectivity index (χ1v) is 9.07. The molecule has 0 spiro atoms. The van der Waals surface area contributed by atoms with Crippen LogP contribution in [-0.4, -0.2) is 74.1 Å². The van der Waals surface area contributed by atoms with Crippen molar-refractivity contribution >= 4 is 17.8 Å². The van der Waals surface area contributed by atoms with E-state index in [2.05, 4.69) is 0 Å². The molecule has 0 unspecified atom stereocenters. The zero-order valence-corrected chi connectivity index (χ0v) is 16.0. The van der Waals surface area contributed by atoms with Crippen LogP contribution in [0.4, 0.5) is 0 Å². The van der Waals surface area contributed by atoms with Gasteiger partial charge in [0.1, 0.15) is 19.4 Å². The predicted octanol–water partition coefficient (Wildman–Crippen LogP) is 1.30. The number of hydrogen-bond donors (Lipinski definition) is 0. The summed E-state index contributed by atoms with van der Waals surface area (Å²) in [5, 5.41) is 0. The number of rotatable bonds is 10. The van der Waals surface area contributed by atoms with E-state index in [0.29, 0.717) is 38.4 Å². The van der Waals surface area contributed by atoms with Crippen molar-refractivity contribution in [2.75, 3.05) is 46.5 Å². The third kappa shape index (κ3) is 7.86. The van der Waals surface area contributed by atoms with Gasteiger partial charge in [0.25, 0.3) is 0 Å². The number of ether oxygens (including phenoxy) is 3. The van der Waals surface area contributed by atoms with Gasteiger partial charge in [-0.15, -0.1) is 0 Å². The van der Waals surface area contributed by atoms with Crippen LogP contribution in [0.15, 0.2) is 12.0 Å². The number of nitrogens with zero attached hydrogens (tertiary/aromatic N) is 2. The average Bonchev–Trinajstić information content (AvgIpc) is 2.61. The summed E-state index contributed by atoms with van der Waals surface area (Å²) in [4.78, 5) is 39.2. The molecule has 1 fully saturated rings. The monoisotopic (exact) mass is 370 g/mol. The van der Waals surface area contributed by atoms with Crippen molar-refractivity contribution in [3.05, 3.63) is 12.0 Å². The number of piperazine rings is 1. The molecule has 0 aromatic rings. The summed E-state index contributed by atoms with van der Waals surface area (Å²) in [5.41, 5.74) is 0.595. The van der Waals surface area contributed by atoms with Crippen molar-refractivity contribution in [1.82, 2.24) is 9.80 Å². The fourth-order valence-electron chi connectivity index (χ4n) is 2.45. The lowest BCUT2D eigenvalue weighted by atomic mass is 10.2. The van der Waals surface area contributed by atoms with Crippen molar-refractivity contribution in [2.24, 2.45) is 0 Å². The molecule has 0 aromatic heterocycles. The molecule has 1 saturated heterocycles. The van der Waals surface area contributed by atoms with Crippen LogP contribution in [0.25, 0.3) is 0 Å². The number of unbranched alkanes of at least 4 members (excludes halogenated alkanes) is 1. The Hall–Kier alpha value is -2.09. The lowest BCUT2D eigenvalue weighted by Gasteiger charge is -2.37. The topological polar surface area (TPSA) is 85.4 Å². The van der Waals surface area contributed by atoms with Crippen molar-refractivity contribution in [3.8, 4) is 0 Å². The van der Waals surface area contributed by atoms with Gasteiger partial charge in [0.05, 0.1) is 18.8 Å². The van der Waals surface area contributed by atoms with Crippen LogP contribution in [0.3, 0.4) is 0 Å². The summed E-state index contributed by atoms with van der Waals surface area (Å²) in [6.07, 6.45) is 4.31. The highest BCUT2D eigenvalue weighted by Crippen LogP contribution is 2.15. The SMILES string of the molecule is CCCCOC(=O)CN1CCN(C(=O)CCC)C/C1=C\OC(=O)COC. The maximum atomic E-state index is 12.1. The molecule has 0 aliphatic carbocycles. The summed E-state index contributed by atoms with van der Waals surface area (Å²) in [5.74, 6) is -0.824. The van der Waals surface area contributed by atoms with E-state index in [4.69, 9.17) is 14.2 Å². The quantitative estimate of drug-likeness (QED) is 0.325. The second-order valence-corrected chi connectivity index (χ2v) is 6.09. The van der Waals surface area contributed by atoms with Gasteiger partial charge in [0.15, 0.2) is 0 Å². The number of hydrogen-bond acceptors (Lipinski definition) is 7. The zero-order chi connectivity index (χ0) is 19.4. The van der Waals surface area contributed by atoms with Crippen molar-refractivity contribution in [2.45, 2.75) is 39.5 Å². The fraction of sp³-hybridized carbons (Fsp3) is 0.722. The molecule has 1 rings (SSSR count). The molecule has 1 heterocycles. The highest BCUT2D eigenvalue weighted by molar-refractivity contribution is 5.77. The first kappa shape index (κ1) is 22.0. The van der Waals surface area contributed by atoms with Gasteiger partial charge >= 0.3 is 11.9 Å². The Morgan fingerprint density at radius 1 is 1.12 bits per heavy atom. The Bertz CT molecular complexity index is 506. The largest absolute Gasteiger partial charge is 0.464 e. The molecule has 0 atom stereocenters. The third-order valence-corrected chi connectivity index (χ3v) is 3.88. The minimum atomic E-state index is -0.539. The van der Waals surface area contributed by atoms with Gasteiger partial charge < -0.3 is 24.0 Å². The van der Waals surface area contributed by atoms with Crippen LogP contribution < -0.4 is 0 Å². The maximum Gasteiger partial charge on any atom is 0.336 e. The van der Waals surface area contributed by atoms with Gasteiger partial charge in [0, 0.05) is 26.6 Å². The van der Waals surface area contributed by atoms with Gasteiger partial charge in [0.2, 0.25) is 5.91 Å². The molecule has 1 aliphatic heterocycles. The Morgan fingerprint density at radius 2 is 1.88 bits per heavy atom. The Balaban J connectivity index is 2.73. The summed E-state index contributed by atoms with van der Waals surface area (Å²) < 4.78 is 15.0. The van der Waals surface area contributed by atoms with Gasteiger partial charge in [-0.3, -0.25) is 9.59 Å². The van der Waals surface area contributed by atoms with E-state index in [1.54, 1.807) is 9.80 Å². The molecule has 1 amide bonds. The molecule has 0 N–H and O–H groups in total. The zero-order valence-electron chi connectivity index (χ0n) is 16.0. The molecule has 8 nitrogen and oxygen atoms in total. The summed E-state index contributed by atoms with van der Waals surface area (Å²) in [6.45, 7) is 5.55. The van der Waals surface area contributed by atoms with E-state index >= 15 is 0 Å². The number of esters is 2. The van der Waals surface area contributed by atoms with E-state index in [0.717, 1.165) is 19.3 Å². The first-order valence-electron chi connectivity index (χ1n) is 9.07. The van der Waals surface area contributed by atoms with E-state index < -0.39 is 5.97 Å². The summed E-state index contributed by atoms with van der Waals surface area (Å²) >= 11 is 0. The summed E-state index contributed by atoms with van der Waals surface area (Å²) in [7, 11) is 1.40. The standard InChI is InChI=1S/C18H30N2O6/c1-4-6-10-25-17(22)12-19-8-9-20(16(21)7-5-2)11-15(19)13-26-18(23)14-24-3/h13H,4-12,14H2,1-3H3/b15-13+. The van der Waals surface area contributed by atoms with E-state index in [-0.39, 0.29) is 25.0 Å². The summed E-state index contributed by atoms with van der Waals surface area (Å²) in [6, 6.07) is 0. The smallest absolute Gasteiger partial charge is 0.336 e. The number of carbonyl (C=O) groups excluding carboxylic acids is 3. The normalized spacial score (nSPS) is 15.9. The molecule has 0 bridgehead atoms. The molecule has 8 heteroatoms. The number of carbonyl (C=O) groups is 3.